The molecule has 1 atom stereocenters. The topological polar surface area (TPSA) is 51.0 Å². The lowest BCUT2D eigenvalue weighted by Crippen LogP contribution is -2.21. The summed E-state index contributed by atoms with van der Waals surface area (Å²) in [6, 6.07) is 8.62. The molecule has 0 radical (unpaired) electrons. The van der Waals surface area contributed by atoms with Crippen LogP contribution in [0.2, 0.25) is 0 Å². The number of halogens is 1. The number of hydrogen-bond acceptors (Lipinski definition) is 4. The van der Waals surface area contributed by atoms with Crippen molar-refractivity contribution in [2.24, 2.45) is 0 Å². The van der Waals surface area contributed by atoms with E-state index in [0.717, 1.165) is 23.1 Å². The smallest absolute Gasteiger partial charge is 0.226 e. The molecule has 0 fully saturated rings. The molecule has 1 aromatic carbocycles. The van der Waals surface area contributed by atoms with Crippen LogP contribution in [0.5, 0.6) is 0 Å². The standard InChI is InChI=1S/C14H18BrN3O/c1-10(16-2)3-8-14-17-13(18-19-14)9-11-4-6-12(15)7-5-11/h4-7,10,16H,3,8-9H2,1-2H3. The normalized spacial score (nSPS) is 12.6. The van der Waals surface area contributed by atoms with Crippen molar-refractivity contribution >= 4 is 15.9 Å². The van der Waals surface area contributed by atoms with Gasteiger partial charge in [0.2, 0.25) is 5.89 Å². The van der Waals surface area contributed by atoms with Gasteiger partial charge < -0.3 is 9.84 Å². The Balaban J connectivity index is 1.91. The van der Waals surface area contributed by atoms with Crippen molar-refractivity contribution in [3.05, 3.63) is 46.0 Å². The average Bonchev–Trinajstić information content (AvgIpc) is 2.86. The molecule has 0 aliphatic rings. The molecule has 19 heavy (non-hydrogen) atoms. The van der Waals surface area contributed by atoms with Gasteiger partial charge in [0.1, 0.15) is 0 Å². The first kappa shape index (κ1) is 14.2. The van der Waals surface area contributed by atoms with Gasteiger partial charge in [-0.15, -0.1) is 0 Å². The zero-order chi connectivity index (χ0) is 13.7. The fourth-order valence-electron chi connectivity index (χ4n) is 1.73. The molecule has 2 rings (SSSR count). The van der Waals surface area contributed by atoms with E-state index < -0.39 is 0 Å². The number of aromatic nitrogens is 2. The average molecular weight is 324 g/mol. The highest BCUT2D eigenvalue weighted by molar-refractivity contribution is 9.10. The minimum Gasteiger partial charge on any atom is -0.339 e. The van der Waals surface area contributed by atoms with E-state index in [1.165, 1.54) is 5.56 Å². The van der Waals surface area contributed by atoms with Crippen molar-refractivity contribution < 1.29 is 4.52 Å². The van der Waals surface area contributed by atoms with E-state index in [1.54, 1.807) is 0 Å². The number of nitrogens with one attached hydrogen (secondary N) is 1. The van der Waals surface area contributed by atoms with Gasteiger partial charge >= 0.3 is 0 Å². The van der Waals surface area contributed by atoms with E-state index in [0.29, 0.717) is 18.4 Å². The van der Waals surface area contributed by atoms with Crippen LogP contribution in [-0.2, 0) is 12.8 Å². The van der Waals surface area contributed by atoms with Crippen molar-refractivity contribution in [1.82, 2.24) is 15.5 Å². The molecule has 2 aromatic rings. The molecule has 0 aliphatic heterocycles. The highest BCUT2D eigenvalue weighted by Crippen LogP contribution is 2.13. The van der Waals surface area contributed by atoms with E-state index in [9.17, 15) is 0 Å². The van der Waals surface area contributed by atoms with Gasteiger partial charge in [0.05, 0.1) is 0 Å². The molecule has 4 nitrogen and oxygen atoms in total. The van der Waals surface area contributed by atoms with Gasteiger partial charge in [0.25, 0.3) is 0 Å². The molecular formula is C14H18BrN3O. The van der Waals surface area contributed by atoms with Crippen LogP contribution in [-0.4, -0.2) is 23.2 Å². The summed E-state index contributed by atoms with van der Waals surface area (Å²) in [4.78, 5) is 4.42. The first-order valence-corrected chi connectivity index (χ1v) is 7.20. The summed E-state index contributed by atoms with van der Waals surface area (Å²) in [7, 11) is 1.96. The van der Waals surface area contributed by atoms with Crippen LogP contribution in [0.25, 0.3) is 0 Å². The van der Waals surface area contributed by atoms with Crippen molar-refractivity contribution in [2.75, 3.05) is 7.05 Å². The summed E-state index contributed by atoms with van der Waals surface area (Å²) in [5.41, 5.74) is 1.18. The van der Waals surface area contributed by atoms with E-state index in [2.05, 4.69) is 50.4 Å². The Labute approximate surface area is 121 Å². The molecule has 0 saturated heterocycles. The highest BCUT2D eigenvalue weighted by atomic mass is 79.9. The SMILES string of the molecule is CNC(C)CCc1nc(Cc2ccc(Br)cc2)no1. The number of aryl methyl sites for hydroxylation is 1. The third-order valence-electron chi connectivity index (χ3n) is 3.07. The molecule has 102 valence electrons. The quantitative estimate of drug-likeness (QED) is 0.888. The number of rotatable bonds is 6. The summed E-state index contributed by atoms with van der Waals surface area (Å²) in [5, 5.41) is 7.21. The largest absolute Gasteiger partial charge is 0.339 e. The number of nitrogens with zero attached hydrogens (tertiary/aromatic N) is 2. The monoisotopic (exact) mass is 323 g/mol. The predicted molar refractivity (Wildman–Crippen MR) is 78.1 cm³/mol. The molecule has 0 amide bonds. The summed E-state index contributed by atoms with van der Waals surface area (Å²) < 4.78 is 6.33. The fraction of sp³-hybridized carbons (Fsp3) is 0.429. The molecule has 0 saturated carbocycles. The maximum atomic E-state index is 5.26. The second-order valence-corrected chi connectivity index (χ2v) is 5.55. The van der Waals surface area contributed by atoms with Crippen LogP contribution >= 0.6 is 15.9 Å². The van der Waals surface area contributed by atoms with Gasteiger partial charge in [-0.25, -0.2) is 0 Å². The van der Waals surface area contributed by atoms with E-state index in [1.807, 2.05) is 19.2 Å². The number of benzene rings is 1. The van der Waals surface area contributed by atoms with Crippen molar-refractivity contribution in [3.63, 3.8) is 0 Å². The summed E-state index contributed by atoms with van der Waals surface area (Å²) in [5.74, 6) is 1.46. The first-order chi connectivity index (χ1) is 9.17. The molecular weight excluding hydrogens is 306 g/mol. The lowest BCUT2D eigenvalue weighted by molar-refractivity contribution is 0.365. The zero-order valence-corrected chi connectivity index (χ0v) is 12.8. The Morgan fingerprint density at radius 3 is 2.74 bits per heavy atom. The third-order valence-corrected chi connectivity index (χ3v) is 3.60. The van der Waals surface area contributed by atoms with E-state index >= 15 is 0 Å². The molecule has 1 heterocycles. The second kappa shape index (κ2) is 6.82. The Morgan fingerprint density at radius 2 is 2.05 bits per heavy atom. The minimum atomic E-state index is 0.460. The second-order valence-electron chi connectivity index (χ2n) is 4.64. The van der Waals surface area contributed by atoms with Gasteiger partial charge in [-0.05, 0) is 38.1 Å². The lowest BCUT2D eigenvalue weighted by atomic mass is 10.1. The van der Waals surface area contributed by atoms with Crippen LogP contribution in [0.3, 0.4) is 0 Å². The fourth-order valence-corrected chi connectivity index (χ4v) is 2.00. The maximum Gasteiger partial charge on any atom is 0.226 e. The van der Waals surface area contributed by atoms with Crippen LogP contribution in [0.1, 0.15) is 30.6 Å². The molecule has 0 aliphatic carbocycles. The Bertz CT molecular complexity index is 510. The predicted octanol–water partition coefficient (Wildman–Crippen LogP) is 2.96. The molecule has 0 bridgehead atoms. The van der Waals surface area contributed by atoms with E-state index in [4.69, 9.17) is 4.52 Å². The molecule has 1 unspecified atom stereocenters. The number of hydrogen-bond donors (Lipinski definition) is 1. The van der Waals surface area contributed by atoms with Gasteiger partial charge in [-0.2, -0.15) is 4.98 Å². The third kappa shape index (κ3) is 4.44. The maximum absolute atomic E-state index is 5.26. The Kier molecular flexibility index (Phi) is 5.10. The molecule has 1 N–H and O–H groups in total. The van der Waals surface area contributed by atoms with Crippen molar-refractivity contribution in [1.29, 1.82) is 0 Å². The van der Waals surface area contributed by atoms with Crippen LogP contribution in [0.4, 0.5) is 0 Å². The minimum absolute atomic E-state index is 0.460. The first-order valence-electron chi connectivity index (χ1n) is 6.40. The van der Waals surface area contributed by atoms with Crippen molar-refractivity contribution in [3.8, 4) is 0 Å². The summed E-state index contributed by atoms with van der Waals surface area (Å²) >= 11 is 3.42. The zero-order valence-electron chi connectivity index (χ0n) is 11.2. The highest BCUT2D eigenvalue weighted by Gasteiger charge is 2.08. The summed E-state index contributed by atoms with van der Waals surface area (Å²) in [6.45, 7) is 2.14. The van der Waals surface area contributed by atoms with Gasteiger partial charge in [0, 0.05) is 23.4 Å². The Morgan fingerprint density at radius 1 is 1.32 bits per heavy atom. The van der Waals surface area contributed by atoms with Crippen LogP contribution < -0.4 is 5.32 Å². The summed E-state index contributed by atoms with van der Waals surface area (Å²) in [6.07, 6.45) is 2.52. The Hall–Kier alpha value is -1.20. The van der Waals surface area contributed by atoms with Gasteiger partial charge in [-0.1, -0.05) is 33.2 Å². The van der Waals surface area contributed by atoms with Crippen LogP contribution in [0, 0.1) is 0 Å². The van der Waals surface area contributed by atoms with Gasteiger partial charge in [0.15, 0.2) is 5.82 Å². The van der Waals surface area contributed by atoms with Crippen LogP contribution in [0.15, 0.2) is 33.3 Å². The van der Waals surface area contributed by atoms with Gasteiger partial charge in [-0.3, -0.25) is 0 Å². The molecule has 5 heteroatoms. The van der Waals surface area contributed by atoms with Crippen molar-refractivity contribution in [2.45, 2.75) is 32.2 Å². The molecule has 1 aromatic heterocycles. The molecule has 0 spiro atoms. The van der Waals surface area contributed by atoms with E-state index in [-0.39, 0.29) is 0 Å². The lowest BCUT2D eigenvalue weighted by Gasteiger charge is -2.06.